The van der Waals surface area contributed by atoms with Crippen molar-refractivity contribution in [2.45, 2.75) is 30.5 Å². The van der Waals surface area contributed by atoms with Gasteiger partial charge in [0, 0.05) is 18.7 Å². The molecule has 0 bridgehead atoms. The van der Waals surface area contributed by atoms with Crippen molar-refractivity contribution in [3.05, 3.63) is 75.8 Å². The Morgan fingerprint density at radius 3 is 2.66 bits per heavy atom. The molecule has 0 saturated carbocycles. The van der Waals surface area contributed by atoms with Crippen LogP contribution in [0, 0.1) is 0 Å². The summed E-state index contributed by atoms with van der Waals surface area (Å²) in [4.78, 5) is 4.77. The summed E-state index contributed by atoms with van der Waals surface area (Å²) in [5, 5.41) is 0. The van der Waals surface area contributed by atoms with Crippen LogP contribution in [0.3, 0.4) is 0 Å². The van der Waals surface area contributed by atoms with Gasteiger partial charge in [0.05, 0.1) is 14.8 Å². The predicted octanol–water partition coefficient (Wildman–Crippen LogP) is 5.47. The first-order valence-corrected chi connectivity index (χ1v) is 12.4. The monoisotopic (exact) mass is 489 g/mol. The van der Waals surface area contributed by atoms with Gasteiger partial charge in [0.2, 0.25) is 0 Å². The Hall–Kier alpha value is -2.16. The van der Waals surface area contributed by atoms with E-state index in [0.29, 0.717) is 5.69 Å². The van der Waals surface area contributed by atoms with Crippen LogP contribution in [0.4, 0.5) is 5.69 Å². The fraction of sp³-hybridized carbons (Fsp3) is 0.190. The summed E-state index contributed by atoms with van der Waals surface area (Å²) in [6.45, 7) is 2.99. The number of nitrogens with one attached hydrogen (secondary N) is 1. The van der Waals surface area contributed by atoms with Crippen molar-refractivity contribution in [3.63, 3.8) is 0 Å². The Morgan fingerprint density at radius 1 is 1.07 bits per heavy atom. The number of aromatic nitrogens is 2. The fourth-order valence-corrected chi connectivity index (χ4v) is 6.42. The summed E-state index contributed by atoms with van der Waals surface area (Å²) in [5.74, 6) is 1.04. The topological polar surface area (TPSA) is 64.0 Å². The van der Waals surface area contributed by atoms with Gasteiger partial charge in [0.25, 0.3) is 10.0 Å². The number of fused-ring (bicyclic) bond motifs is 1. The molecule has 0 spiro atoms. The van der Waals surface area contributed by atoms with Gasteiger partial charge in [-0.1, -0.05) is 24.3 Å². The van der Waals surface area contributed by atoms with Crippen molar-refractivity contribution in [3.8, 4) is 0 Å². The summed E-state index contributed by atoms with van der Waals surface area (Å²) in [6, 6.07) is 19.0. The number of halogens is 1. The molecule has 0 radical (unpaired) electrons. The SMILES string of the molecule is CCn1c(CCc2cccc(NS(=O)(=O)c3ccc(Br)s3)c2)nc2ccccc21. The summed E-state index contributed by atoms with van der Waals surface area (Å²) in [7, 11) is -3.58. The first kappa shape index (κ1) is 20.1. The highest BCUT2D eigenvalue weighted by Crippen LogP contribution is 2.28. The molecule has 29 heavy (non-hydrogen) atoms. The highest BCUT2D eigenvalue weighted by molar-refractivity contribution is 9.11. The van der Waals surface area contributed by atoms with E-state index >= 15 is 0 Å². The molecule has 2 aromatic carbocycles. The van der Waals surface area contributed by atoms with Gasteiger partial charge < -0.3 is 4.57 Å². The van der Waals surface area contributed by atoms with Gasteiger partial charge in [0.15, 0.2) is 0 Å². The molecule has 0 aliphatic rings. The molecule has 0 atom stereocenters. The molecule has 5 nitrogen and oxygen atoms in total. The lowest BCUT2D eigenvalue weighted by atomic mass is 10.1. The first-order chi connectivity index (χ1) is 14.0. The van der Waals surface area contributed by atoms with Crippen LogP contribution in [0.1, 0.15) is 18.3 Å². The number of thiophene rings is 1. The van der Waals surface area contributed by atoms with Crippen molar-refractivity contribution in [2.24, 2.45) is 0 Å². The van der Waals surface area contributed by atoms with Crippen LogP contribution < -0.4 is 4.72 Å². The summed E-state index contributed by atoms with van der Waals surface area (Å²) < 4.78 is 31.1. The maximum Gasteiger partial charge on any atom is 0.271 e. The van der Waals surface area contributed by atoms with Crippen LogP contribution in [0.2, 0.25) is 0 Å². The number of imidazole rings is 1. The molecule has 1 N–H and O–H groups in total. The maximum absolute atomic E-state index is 12.6. The minimum Gasteiger partial charge on any atom is -0.328 e. The van der Waals surface area contributed by atoms with Crippen molar-refractivity contribution in [2.75, 3.05) is 4.72 Å². The number of anilines is 1. The Balaban J connectivity index is 1.51. The molecule has 0 aliphatic carbocycles. The average Bonchev–Trinajstić information content (AvgIpc) is 3.30. The molecule has 0 fully saturated rings. The van der Waals surface area contributed by atoms with Crippen molar-refractivity contribution >= 4 is 54.0 Å². The highest BCUT2D eigenvalue weighted by atomic mass is 79.9. The minimum atomic E-state index is -3.58. The second-order valence-electron chi connectivity index (χ2n) is 6.63. The number of hydrogen-bond donors (Lipinski definition) is 1. The molecule has 4 aromatic rings. The van der Waals surface area contributed by atoms with Crippen LogP contribution in [0.15, 0.2) is 68.7 Å². The molecule has 0 amide bonds. The molecule has 0 aliphatic heterocycles. The van der Waals surface area contributed by atoms with Crippen LogP contribution in [-0.2, 0) is 29.4 Å². The number of rotatable bonds is 7. The Bertz CT molecular complexity index is 1260. The lowest BCUT2D eigenvalue weighted by Crippen LogP contribution is -2.11. The third-order valence-electron chi connectivity index (χ3n) is 4.68. The summed E-state index contributed by atoms with van der Waals surface area (Å²) >= 11 is 4.49. The van der Waals surface area contributed by atoms with Crippen LogP contribution in [0.5, 0.6) is 0 Å². The number of aryl methyl sites for hydroxylation is 3. The summed E-state index contributed by atoms with van der Waals surface area (Å²) in [6.07, 6.45) is 1.57. The molecule has 0 unspecified atom stereocenters. The number of nitrogens with zero attached hydrogens (tertiary/aromatic N) is 2. The van der Waals surface area contributed by atoms with Crippen molar-refractivity contribution in [1.29, 1.82) is 0 Å². The van der Waals surface area contributed by atoms with E-state index in [1.807, 2.05) is 36.4 Å². The maximum atomic E-state index is 12.6. The third kappa shape index (κ3) is 4.39. The molecular formula is C21H20BrN3O2S2. The average molecular weight is 490 g/mol. The lowest BCUT2D eigenvalue weighted by molar-refractivity contribution is 0.603. The van der Waals surface area contributed by atoms with E-state index < -0.39 is 10.0 Å². The predicted molar refractivity (Wildman–Crippen MR) is 122 cm³/mol. The molecule has 0 saturated heterocycles. The Labute approximate surface area is 182 Å². The number of benzene rings is 2. The third-order valence-corrected chi connectivity index (χ3v) is 8.18. The smallest absolute Gasteiger partial charge is 0.271 e. The molecule has 2 aromatic heterocycles. The van der Waals surface area contributed by atoms with Crippen LogP contribution in [-0.4, -0.2) is 18.0 Å². The van der Waals surface area contributed by atoms with Crippen molar-refractivity contribution in [1.82, 2.24) is 9.55 Å². The number of para-hydroxylation sites is 2. The lowest BCUT2D eigenvalue weighted by Gasteiger charge is -2.09. The zero-order valence-electron chi connectivity index (χ0n) is 15.8. The van der Waals surface area contributed by atoms with Gasteiger partial charge in [-0.25, -0.2) is 13.4 Å². The number of sulfonamides is 1. The Kier molecular flexibility index (Phi) is 5.76. The van der Waals surface area contributed by atoms with Gasteiger partial charge in [-0.15, -0.1) is 11.3 Å². The fourth-order valence-electron chi connectivity index (χ4n) is 3.36. The van der Waals surface area contributed by atoms with E-state index in [1.165, 1.54) is 11.3 Å². The van der Waals surface area contributed by atoms with Gasteiger partial charge in [-0.05, 0) is 71.2 Å². The standard InChI is InChI=1S/C21H20BrN3O2S2/c1-2-25-18-9-4-3-8-17(18)23-20(25)12-10-15-6-5-7-16(14-15)24-29(26,27)21-13-11-19(22)28-21/h3-9,11,13-14,24H,2,10,12H2,1H3. The Morgan fingerprint density at radius 2 is 1.90 bits per heavy atom. The number of hydrogen-bond acceptors (Lipinski definition) is 4. The largest absolute Gasteiger partial charge is 0.328 e. The highest BCUT2D eigenvalue weighted by Gasteiger charge is 2.17. The first-order valence-electron chi connectivity index (χ1n) is 9.27. The molecule has 150 valence electrons. The molecule has 4 rings (SSSR count). The molecule has 8 heteroatoms. The van der Waals surface area contributed by atoms with E-state index in [2.05, 4.69) is 38.2 Å². The van der Waals surface area contributed by atoms with Gasteiger partial charge >= 0.3 is 0 Å². The minimum absolute atomic E-state index is 0.284. The van der Waals surface area contributed by atoms with Crippen molar-refractivity contribution < 1.29 is 8.42 Å². The molecular weight excluding hydrogens is 470 g/mol. The van der Waals surface area contributed by atoms with E-state index in [1.54, 1.807) is 18.2 Å². The molecule has 2 heterocycles. The second kappa shape index (κ2) is 8.30. The van der Waals surface area contributed by atoms with E-state index in [0.717, 1.165) is 45.6 Å². The van der Waals surface area contributed by atoms with E-state index in [-0.39, 0.29) is 4.21 Å². The normalized spacial score (nSPS) is 11.8. The van der Waals surface area contributed by atoms with Gasteiger partial charge in [-0.3, -0.25) is 4.72 Å². The van der Waals surface area contributed by atoms with Crippen LogP contribution >= 0.6 is 27.3 Å². The van der Waals surface area contributed by atoms with E-state index in [9.17, 15) is 8.42 Å². The van der Waals surface area contributed by atoms with Crippen LogP contribution in [0.25, 0.3) is 11.0 Å². The zero-order chi connectivity index (χ0) is 20.4. The quantitative estimate of drug-likeness (QED) is 0.374. The summed E-state index contributed by atoms with van der Waals surface area (Å²) in [5.41, 5.74) is 3.78. The second-order valence-corrected chi connectivity index (χ2v) is 11.0. The zero-order valence-corrected chi connectivity index (χ0v) is 19.0. The van der Waals surface area contributed by atoms with Gasteiger partial charge in [0.1, 0.15) is 10.0 Å². The van der Waals surface area contributed by atoms with Gasteiger partial charge in [-0.2, -0.15) is 0 Å². The van der Waals surface area contributed by atoms with E-state index in [4.69, 9.17) is 4.98 Å².